The van der Waals surface area contributed by atoms with Crippen LogP contribution in [-0.2, 0) is 0 Å². The van der Waals surface area contributed by atoms with Gasteiger partial charge in [0.1, 0.15) is 0 Å². The molecule has 0 spiro atoms. The zero-order valence-electron chi connectivity index (χ0n) is 18.9. The number of rotatable bonds is 5. The monoisotopic (exact) mass is 510 g/mol. The Kier molecular flexibility index (Phi) is 5.84. The zero-order valence-corrected chi connectivity index (χ0v) is 22.1. The number of hydrogen-bond donors (Lipinski definition) is 0. The molecule has 0 atom stereocenters. The number of benzene rings is 2. The Morgan fingerprint density at radius 2 is 0.824 bits per heavy atom. The predicted octanol–water partition coefficient (Wildman–Crippen LogP) is 10.9. The molecule has 0 bridgehead atoms. The average molecular weight is 511 g/mol. The lowest BCUT2D eigenvalue weighted by molar-refractivity contribution is 1.46. The Bertz CT molecular complexity index is 1460. The number of fused-ring (bicyclic) bond motifs is 2. The molecule has 0 saturated heterocycles. The Labute approximate surface area is 215 Å². The molecule has 4 heteroatoms. The van der Waals surface area contributed by atoms with Crippen molar-refractivity contribution in [2.75, 3.05) is 0 Å². The third kappa shape index (κ3) is 4.59. The highest BCUT2D eigenvalue weighted by molar-refractivity contribution is 7.34. The highest BCUT2D eigenvalue weighted by Gasteiger charge is 2.12. The van der Waals surface area contributed by atoms with E-state index in [2.05, 4.69) is 111 Å². The summed E-state index contributed by atoms with van der Waals surface area (Å²) >= 11 is 7.56. The Hall–Kier alpha value is -2.76. The molecule has 0 amide bonds. The molecule has 4 heterocycles. The Morgan fingerprint density at radius 1 is 0.441 bits per heavy atom. The molecule has 34 heavy (non-hydrogen) atoms. The molecule has 0 aliphatic heterocycles. The van der Waals surface area contributed by atoms with Crippen molar-refractivity contribution < 1.29 is 0 Å². The minimum absolute atomic E-state index is 1.25. The van der Waals surface area contributed by atoms with Crippen molar-refractivity contribution in [3.63, 3.8) is 0 Å². The summed E-state index contributed by atoms with van der Waals surface area (Å²) in [5.74, 6) is 0. The minimum Gasteiger partial charge on any atom is -0.135 e. The van der Waals surface area contributed by atoms with Gasteiger partial charge in [0.25, 0.3) is 0 Å². The third-order valence-corrected chi connectivity index (χ3v) is 10.4. The highest BCUT2D eigenvalue weighted by atomic mass is 32.1. The molecule has 0 aliphatic carbocycles. The lowest BCUT2D eigenvalue weighted by Gasteiger charge is -1.94. The average Bonchev–Trinajstić information content (AvgIpc) is 3.57. The number of thiophene rings is 4. The first-order chi connectivity index (χ1) is 16.6. The fourth-order valence-corrected chi connectivity index (χ4v) is 8.52. The van der Waals surface area contributed by atoms with Crippen LogP contribution in [-0.4, -0.2) is 0 Å². The summed E-state index contributed by atoms with van der Waals surface area (Å²) in [6.45, 7) is 4.25. The number of aryl methyl sites for hydroxylation is 2. The molecule has 0 saturated carbocycles. The SMILES string of the molecule is Cc1ccc(/C=C/c2cc3sc(-c4cc5sc(/C=C/c6ccc(C)cc6)cc5s4)cc3s2)cc1. The van der Waals surface area contributed by atoms with Gasteiger partial charge in [-0.2, -0.15) is 0 Å². The predicted molar refractivity (Wildman–Crippen MR) is 159 cm³/mol. The first-order valence-electron chi connectivity index (χ1n) is 11.2. The van der Waals surface area contributed by atoms with Gasteiger partial charge in [-0.1, -0.05) is 71.8 Å². The fourth-order valence-electron chi connectivity index (χ4n) is 3.83. The van der Waals surface area contributed by atoms with Crippen LogP contribution in [0.2, 0.25) is 0 Å². The summed E-state index contributed by atoms with van der Waals surface area (Å²) in [6, 6.07) is 26.7. The molecular weight excluding hydrogens is 489 g/mol. The van der Waals surface area contributed by atoms with Crippen molar-refractivity contribution in [3.05, 3.63) is 105 Å². The first-order valence-corrected chi connectivity index (χ1v) is 14.4. The van der Waals surface area contributed by atoms with Crippen molar-refractivity contribution in [1.82, 2.24) is 0 Å². The van der Waals surface area contributed by atoms with Gasteiger partial charge in [0, 0.05) is 38.3 Å². The summed E-state index contributed by atoms with van der Waals surface area (Å²) in [6.07, 6.45) is 8.87. The lowest BCUT2D eigenvalue weighted by Crippen LogP contribution is -1.72. The summed E-state index contributed by atoms with van der Waals surface area (Å²) in [5.41, 5.74) is 5.08. The van der Waals surface area contributed by atoms with Crippen molar-refractivity contribution in [2.45, 2.75) is 13.8 Å². The molecule has 2 aromatic carbocycles. The topological polar surface area (TPSA) is 0 Å². The second kappa shape index (κ2) is 9.12. The van der Waals surface area contributed by atoms with Crippen molar-refractivity contribution >= 4 is 88.5 Å². The second-order valence-electron chi connectivity index (χ2n) is 8.46. The second-order valence-corrected chi connectivity index (χ2v) is 12.9. The van der Waals surface area contributed by atoms with E-state index in [-0.39, 0.29) is 0 Å². The maximum atomic E-state index is 2.36. The van der Waals surface area contributed by atoms with E-state index in [1.165, 1.54) is 60.6 Å². The van der Waals surface area contributed by atoms with Crippen LogP contribution in [0.1, 0.15) is 32.0 Å². The zero-order chi connectivity index (χ0) is 23.1. The third-order valence-electron chi connectivity index (χ3n) is 5.73. The van der Waals surface area contributed by atoms with Gasteiger partial charge in [0.15, 0.2) is 0 Å². The maximum Gasteiger partial charge on any atom is 0.0464 e. The van der Waals surface area contributed by atoms with Crippen LogP contribution in [0.5, 0.6) is 0 Å². The van der Waals surface area contributed by atoms with Gasteiger partial charge < -0.3 is 0 Å². The molecule has 0 fully saturated rings. The smallest absolute Gasteiger partial charge is 0.0464 e. The van der Waals surface area contributed by atoms with E-state index in [1.54, 1.807) is 0 Å². The maximum absolute atomic E-state index is 2.36. The van der Waals surface area contributed by atoms with E-state index in [9.17, 15) is 0 Å². The van der Waals surface area contributed by atoms with Crippen LogP contribution in [0.4, 0.5) is 0 Å². The number of hydrogen-bond acceptors (Lipinski definition) is 4. The van der Waals surface area contributed by atoms with Crippen LogP contribution in [0.25, 0.3) is 52.9 Å². The largest absolute Gasteiger partial charge is 0.135 e. The first kappa shape index (κ1) is 21.8. The quantitative estimate of drug-likeness (QED) is 0.216. The van der Waals surface area contributed by atoms with Crippen molar-refractivity contribution in [3.8, 4) is 9.75 Å². The fraction of sp³-hybridized carbons (Fsp3) is 0.0667. The Balaban J connectivity index is 1.20. The van der Waals surface area contributed by atoms with Crippen molar-refractivity contribution in [1.29, 1.82) is 0 Å². The van der Waals surface area contributed by atoms with E-state index in [0.29, 0.717) is 0 Å². The normalized spacial score (nSPS) is 12.2. The summed E-state index contributed by atoms with van der Waals surface area (Å²) in [5, 5.41) is 0. The van der Waals surface area contributed by atoms with Crippen LogP contribution >= 0.6 is 45.3 Å². The van der Waals surface area contributed by atoms with E-state index < -0.39 is 0 Å². The molecule has 0 unspecified atom stereocenters. The molecule has 0 N–H and O–H groups in total. The minimum atomic E-state index is 1.25. The molecule has 0 aliphatic rings. The molecule has 0 nitrogen and oxygen atoms in total. The highest BCUT2D eigenvalue weighted by Crippen LogP contribution is 2.44. The molecule has 6 aromatic rings. The van der Waals surface area contributed by atoms with E-state index in [1.807, 2.05) is 45.3 Å². The van der Waals surface area contributed by atoms with Gasteiger partial charge in [0.2, 0.25) is 0 Å². The summed E-state index contributed by atoms with van der Waals surface area (Å²) in [7, 11) is 0. The van der Waals surface area contributed by atoms with E-state index in [4.69, 9.17) is 0 Å². The summed E-state index contributed by atoms with van der Waals surface area (Å²) < 4.78 is 5.51. The van der Waals surface area contributed by atoms with Gasteiger partial charge in [-0.05, 0) is 61.4 Å². The van der Waals surface area contributed by atoms with Crippen molar-refractivity contribution in [2.24, 2.45) is 0 Å². The summed E-state index contributed by atoms with van der Waals surface area (Å²) in [4.78, 5) is 5.37. The van der Waals surface area contributed by atoms with Crippen LogP contribution in [0, 0.1) is 13.8 Å². The van der Waals surface area contributed by atoms with Gasteiger partial charge in [-0.15, -0.1) is 45.3 Å². The van der Waals surface area contributed by atoms with E-state index >= 15 is 0 Å². The molecular formula is C30H22S4. The molecule has 6 rings (SSSR count). The van der Waals surface area contributed by atoms with Gasteiger partial charge in [0.05, 0.1) is 0 Å². The molecule has 0 radical (unpaired) electrons. The standard InChI is InChI=1S/C30H22S4/c1-19-3-7-21(8-4-19)11-13-23-15-25-27(31-23)17-29(33-25)30-18-28-26(34-30)16-24(32-28)14-12-22-9-5-20(2)6-10-22/h3-18H,1-2H3/b13-11+,14-12+. The van der Waals surface area contributed by atoms with Gasteiger partial charge in [-0.3, -0.25) is 0 Å². The van der Waals surface area contributed by atoms with Crippen LogP contribution in [0.15, 0.2) is 72.8 Å². The Morgan fingerprint density at radius 3 is 1.21 bits per heavy atom. The van der Waals surface area contributed by atoms with Crippen LogP contribution in [0.3, 0.4) is 0 Å². The lowest BCUT2D eigenvalue weighted by atomic mass is 10.1. The van der Waals surface area contributed by atoms with Gasteiger partial charge in [-0.25, -0.2) is 0 Å². The van der Waals surface area contributed by atoms with Crippen LogP contribution < -0.4 is 0 Å². The molecule has 4 aromatic heterocycles. The molecule has 166 valence electrons. The van der Waals surface area contributed by atoms with E-state index in [0.717, 1.165) is 0 Å². The van der Waals surface area contributed by atoms with Gasteiger partial charge >= 0.3 is 0 Å².